The molecule has 1 aliphatic rings. The highest BCUT2D eigenvalue weighted by Crippen LogP contribution is 2.19. The molecule has 0 atom stereocenters. The van der Waals surface area contributed by atoms with Crippen LogP contribution in [0.3, 0.4) is 0 Å². The monoisotopic (exact) mass is 318 g/mol. The Morgan fingerprint density at radius 3 is 2.59 bits per heavy atom. The molecule has 1 aromatic carbocycles. The number of nitrogens with one attached hydrogen (secondary N) is 1. The van der Waals surface area contributed by atoms with Gasteiger partial charge in [0.1, 0.15) is 0 Å². The number of alkyl halides is 1. The first-order valence-corrected chi connectivity index (χ1v) is 8.19. The molecule has 3 rings (SSSR count). The van der Waals surface area contributed by atoms with Crippen LogP contribution in [-0.4, -0.2) is 26.7 Å². The van der Waals surface area contributed by atoms with Crippen LogP contribution < -0.4 is 5.32 Å². The van der Waals surface area contributed by atoms with E-state index in [9.17, 15) is 4.79 Å². The molecule has 0 bridgehead atoms. The van der Waals surface area contributed by atoms with Crippen LogP contribution in [-0.2, 0) is 5.88 Å². The lowest BCUT2D eigenvalue weighted by atomic mass is 9.95. The Kier molecular flexibility index (Phi) is 4.73. The lowest BCUT2D eigenvalue weighted by molar-refractivity contribution is 0.0915. The number of hydrogen-bond acceptors (Lipinski definition) is 3. The molecule has 0 unspecified atom stereocenters. The van der Waals surface area contributed by atoms with E-state index in [-0.39, 0.29) is 17.8 Å². The van der Waals surface area contributed by atoms with E-state index in [4.69, 9.17) is 11.6 Å². The van der Waals surface area contributed by atoms with E-state index in [1.54, 1.807) is 4.57 Å². The molecule has 0 aliphatic heterocycles. The third-order valence-electron chi connectivity index (χ3n) is 4.01. The van der Waals surface area contributed by atoms with Gasteiger partial charge in [-0.05, 0) is 25.0 Å². The zero-order valence-electron chi connectivity index (χ0n) is 12.3. The van der Waals surface area contributed by atoms with Gasteiger partial charge in [-0.2, -0.15) is 0 Å². The van der Waals surface area contributed by atoms with Crippen molar-refractivity contribution in [2.45, 2.75) is 44.0 Å². The lowest BCUT2D eigenvalue weighted by Crippen LogP contribution is -2.37. The molecule has 1 fully saturated rings. The van der Waals surface area contributed by atoms with Crippen LogP contribution >= 0.6 is 11.6 Å². The van der Waals surface area contributed by atoms with Gasteiger partial charge in [-0.3, -0.25) is 9.36 Å². The Labute approximate surface area is 134 Å². The number of aromatic nitrogens is 3. The van der Waals surface area contributed by atoms with E-state index in [0.717, 1.165) is 18.5 Å². The van der Waals surface area contributed by atoms with Gasteiger partial charge in [0.15, 0.2) is 5.82 Å². The van der Waals surface area contributed by atoms with E-state index >= 15 is 0 Å². The Morgan fingerprint density at radius 2 is 1.91 bits per heavy atom. The summed E-state index contributed by atoms with van der Waals surface area (Å²) in [7, 11) is 0. The molecule has 6 heteroatoms. The standard InChI is InChI=1S/C16H19ClN4O/c17-11-14-19-20-15(21(14)13-9-5-2-6-10-13)16(22)18-12-7-3-1-4-8-12/h2,5-6,9-10,12H,1,3-4,7-8,11H2,(H,18,22). The topological polar surface area (TPSA) is 59.8 Å². The molecule has 5 nitrogen and oxygen atoms in total. The second-order valence-corrected chi connectivity index (χ2v) is 5.82. The summed E-state index contributed by atoms with van der Waals surface area (Å²) >= 11 is 5.94. The fourth-order valence-corrected chi connectivity index (χ4v) is 3.07. The van der Waals surface area contributed by atoms with Crippen molar-refractivity contribution in [2.24, 2.45) is 0 Å². The number of carbonyl (C=O) groups excluding carboxylic acids is 1. The molecule has 1 N–H and O–H groups in total. The van der Waals surface area contributed by atoms with Crippen LogP contribution in [0.25, 0.3) is 5.69 Å². The third kappa shape index (κ3) is 3.14. The Bertz CT molecular complexity index is 635. The molecular weight excluding hydrogens is 300 g/mol. The van der Waals surface area contributed by atoms with Gasteiger partial charge in [0.2, 0.25) is 5.82 Å². The number of para-hydroxylation sites is 1. The zero-order valence-corrected chi connectivity index (χ0v) is 13.1. The first-order valence-electron chi connectivity index (χ1n) is 7.66. The van der Waals surface area contributed by atoms with Crippen molar-refractivity contribution in [1.29, 1.82) is 0 Å². The lowest BCUT2D eigenvalue weighted by Gasteiger charge is -2.22. The summed E-state index contributed by atoms with van der Waals surface area (Å²) in [6.07, 6.45) is 5.66. The Hall–Kier alpha value is -1.88. The van der Waals surface area contributed by atoms with E-state index in [1.165, 1.54) is 19.3 Å². The molecule has 1 aromatic heterocycles. The number of nitrogens with zero attached hydrogens (tertiary/aromatic N) is 3. The highest BCUT2D eigenvalue weighted by atomic mass is 35.5. The van der Waals surface area contributed by atoms with Gasteiger partial charge in [-0.25, -0.2) is 0 Å². The van der Waals surface area contributed by atoms with Crippen LogP contribution in [0.4, 0.5) is 0 Å². The van der Waals surface area contributed by atoms with Crippen molar-refractivity contribution in [1.82, 2.24) is 20.1 Å². The van der Waals surface area contributed by atoms with Gasteiger partial charge in [0.25, 0.3) is 5.91 Å². The summed E-state index contributed by atoms with van der Waals surface area (Å²) in [5, 5.41) is 11.2. The van der Waals surface area contributed by atoms with E-state index < -0.39 is 0 Å². The number of rotatable bonds is 4. The second kappa shape index (κ2) is 6.92. The van der Waals surface area contributed by atoms with Gasteiger partial charge in [0, 0.05) is 11.7 Å². The molecule has 1 aliphatic carbocycles. The average Bonchev–Trinajstić information content (AvgIpc) is 3.00. The fraction of sp³-hybridized carbons (Fsp3) is 0.438. The number of halogens is 1. The largest absolute Gasteiger partial charge is 0.347 e. The summed E-state index contributed by atoms with van der Waals surface area (Å²) in [4.78, 5) is 12.6. The van der Waals surface area contributed by atoms with Gasteiger partial charge < -0.3 is 5.32 Å². The minimum Gasteiger partial charge on any atom is -0.347 e. The molecular formula is C16H19ClN4O. The normalized spacial score (nSPS) is 15.7. The summed E-state index contributed by atoms with van der Waals surface area (Å²) in [5.74, 6) is 0.896. The van der Waals surface area contributed by atoms with Crippen molar-refractivity contribution >= 4 is 17.5 Å². The number of carbonyl (C=O) groups is 1. The fourth-order valence-electron chi connectivity index (χ4n) is 2.90. The maximum absolute atomic E-state index is 12.6. The van der Waals surface area contributed by atoms with Gasteiger partial charge in [-0.1, -0.05) is 37.5 Å². The zero-order chi connectivity index (χ0) is 15.4. The van der Waals surface area contributed by atoms with Crippen LogP contribution in [0.5, 0.6) is 0 Å². The van der Waals surface area contributed by atoms with Crippen molar-refractivity contribution in [3.05, 3.63) is 42.0 Å². The molecule has 22 heavy (non-hydrogen) atoms. The van der Waals surface area contributed by atoms with Crippen molar-refractivity contribution in [2.75, 3.05) is 0 Å². The summed E-state index contributed by atoms with van der Waals surface area (Å²) in [5.41, 5.74) is 0.844. The Balaban J connectivity index is 1.87. The summed E-state index contributed by atoms with van der Waals surface area (Å²) in [6.45, 7) is 0. The van der Waals surface area contributed by atoms with Crippen LogP contribution in [0.1, 0.15) is 48.5 Å². The predicted octanol–water partition coefficient (Wildman–Crippen LogP) is 3.07. The second-order valence-electron chi connectivity index (χ2n) is 5.55. The molecule has 1 heterocycles. The molecule has 1 amide bonds. The SMILES string of the molecule is O=C(NC1CCCCC1)c1nnc(CCl)n1-c1ccccc1. The van der Waals surface area contributed by atoms with Crippen molar-refractivity contribution in [3.8, 4) is 5.69 Å². The maximum Gasteiger partial charge on any atom is 0.289 e. The molecule has 0 radical (unpaired) electrons. The summed E-state index contributed by atoms with van der Waals surface area (Å²) < 4.78 is 1.73. The number of benzene rings is 1. The summed E-state index contributed by atoms with van der Waals surface area (Å²) in [6, 6.07) is 9.82. The third-order valence-corrected chi connectivity index (χ3v) is 4.25. The molecule has 1 saturated carbocycles. The minimum absolute atomic E-state index is 0.181. The molecule has 2 aromatic rings. The maximum atomic E-state index is 12.6. The average molecular weight is 319 g/mol. The van der Waals surface area contributed by atoms with Crippen LogP contribution in [0, 0.1) is 0 Å². The Morgan fingerprint density at radius 1 is 1.18 bits per heavy atom. The minimum atomic E-state index is -0.181. The predicted molar refractivity (Wildman–Crippen MR) is 85.3 cm³/mol. The first kappa shape index (κ1) is 15.0. The highest BCUT2D eigenvalue weighted by Gasteiger charge is 2.23. The van der Waals surface area contributed by atoms with Crippen LogP contribution in [0.15, 0.2) is 30.3 Å². The first-order chi connectivity index (χ1) is 10.8. The molecule has 0 saturated heterocycles. The highest BCUT2D eigenvalue weighted by molar-refractivity contribution is 6.16. The molecule has 116 valence electrons. The van der Waals surface area contributed by atoms with Crippen molar-refractivity contribution < 1.29 is 4.79 Å². The number of amides is 1. The van der Waals surface area contributed by atoms with Crippen molar-refractivity contribution in [3.63, 3.8) is 0 Å². The van der Waals surface area contributed by atoms with E-state index in [2.05, 4.69) is 15.5 Å². The van der Waals surface area contributed by atoms with Crippen LogP contribution in [0.2, 0.25) is 0 Å². The smallest absolute Gasteiger partial charge is 0.289 e. The quantitative estimate of drug-likeness (QED) is 0.881. The van der Waals surface area contributed by atoms with Gasteiger partial charge in [0.05, 0.1) is 5.88 Å². The van der Waals surface area contributed by atoms with E-state index in [0.29, 0.717) is 11.6 Å². The molecule has 0 spiro atoms. The number of hydrogen-bond donors (Lipinski definition) is 1. The van der Waals surface area contributed by atoms with E-state index in [1.807, 2.05) is 30.3 Å². The van der Waals surface area contributed by atoms with Gasteiger partial charge in [-0.15, -0.1) is 21.8 Å². The van der Waals surface area contributed by atoms with Gasteiger partial charge >= 0.3 is 0 Å².